The fourth-order valence-corrected chi connectivity index (χ4v) is 2.28. The molecule has 1 saturated heterocycles. The van der Waals surface area contributed by atoms with Gasteiger partial charge in [-0.1, -0.05) is 45.1 Å². The number of Topliss-reactive ketones (excluding diaryl/α,β-unsaturated/α-hetero) is 1. The number of halogens is 2. The Kier molecular flexibility index (Phi) is 17.2. The number of allylic oxidation sites excluding steroid dienone is 2. The Morgan fingerprint density at radius 3 is 2.15 bits per heavy atom. The molecule has 1 aliphatic heterocycles. The normalized spacial score (nSPS) is 14.5. The molecule has 0 N–H and O–H groups in total. The van der Waals surface area contributed by atoms with E-state index >= 15 is 0 Å². The van der Waals surface area contributed by atoms with Gasteiger partial charge in [-0.25, -0.2) is 8.78 Å². The molecule has 0 saturated carbocycles. The molecule has 2 rings (SSSR count). The van der Waals surface area contributed by atoms with E-state index in [2.05, 4.69) is 6.58 Å². The lowest BCUT2D eigenvalue weighted by atomic mass is 10.2. The van der Waals surface area contributed by atoms with Gasteiger partial charge >= 0.3 is 0 Å². The molecule has 0 unspecified atom stereocenters. The Hall–Kier alpha value is -2.21. The first-order chi connectivity index (χ1) is 12.9. The van der Waals surface area contributed by atoms with Crippen LogP contribution >= 0.6 is 11.8 Å². The lowest BCUT2D eigenvalue weighted by Crippen LogP contribution is -2.34. The van der Waals surface area contributed by atoms with Crippen molar-refractivity contribution in [2.45, 2.75) is 34.1 Å². The van der Waals surface area contributed by atoms with E-state index in [1.54, 1.807) is 31.3 Å². The number of carbonyl (C=O) groups excluding carboxylic acids is 2. The standard InChI is InChI=1S/C12H10FNO2S.C4H7F.C3H6.C2H6/c1-14-7-10(15)11(17-12(14)16)6-8-2-4-9(13)5-3-8;1-2-3-4-5;1-3-2;1-2/h2-6H,7H2,1H3;3-4H,2H2,1H3;3H,1H2,2H3;1-2H3/b11-6-;4-3+;;. The first kappa shape index (κ1) is 27.0. The van der Waals surface area contributed by atoms with Gasteiger partial charge in [0, 0.05) is 7.05 Å². The van der Waals surface area contributed by atoms with E-state index in [9.17, 15) is 18.4 Å². The minimum Gasteiger partial charge on any atom is -0.329 e. The fraction of sp³-hybridized carbons (Fsp3) is 0.333. The van der Waals surface area contributed by atoms with Crippen LogP contribution in [0.2, 0.25) is 0 Å². The summed E-state index contributed by atoms with van der Waals surface area (Å²) < 4.78 is 23.5. The Balaban J connectivity index is 0. The summed E-state index contributed by atoms with van der Waals surface area (Å²) in [5, 5.41) is -0.155. The first-order valence-electron chi connectivity index (χ1n) is 8.65. The molecule has 6 heteroatoms. The summed E-state index contributed by atoms with van der Waals surface area (Å²) in [4.78, 5) is 24.9. The molecule has 1 aromatic rings. The van der Waals surface area contributed by atoms with Gasteiger partial charge in [0.05, 0.1) is 17.8 Å². The summed E-state index contributed by atoms with van der Waals surface area (Å²) in [6.07, 6.45) is 6.16. The van der Waals surface area contributed by atoms with Crippen molar-refractivity contribution in [2.24, 2.45) is 0 Å². The number of amides is 1. The summed E-state index contributed by atoms with van der Waals surface area (Å²) in [7, 11) is 1.59. The number of rotatable bonds is 2. The number of carbonyl (C=O) groups is 2. The molecule has 27 heavy (non-hydrogen) atoms. The molecule has 1 fully saturated rings. The zero-order valence-electron chi connectivity index (χ0n) is 16.7. The van der Waals surface area contributed by atoms with Crippen LogP contribution in [0.4, 0.5) is 13.6 Å². The summed E-state index contributed by atoms with van der Waals surface area (Å²) in [5.74, 6) is -0.424. The van der Waals surface area contributed by atoms with Gasteiger partial charge in [-0.05, 0) is 48.9 Å². The monoisotopic (exact) mass is 397 g/mol. The van der Waals surface area contributed by atoms with Gasteiger partial charge in [0.15, 0.2) is 5.78 Å². The van der Waals surface area contributed by atoms with Crippen LogP contribution in [-0.4, -0.2) is 29.5 Å². The average Bonchev–Trinajstić information content (AvgIpc) is 2.65. The predicted molar refractivity (Wildman–Crippen MR) is 113 cm³/mol. The van der Waals surface area contributed by atoms with Crippen LogP contribution in [0.5, 0.6) is 0 Å². The zero-order valence-corrected chi connectivity index (χ0v) is 17.5. The van der Waals surface area contributed by atoms with Crippen LogP contribution in [0.1, 0.15) is 39.7 Å². The minimum atomic E-state index is -0.328. The van der Waals surface area contributed by atoms with Crippen molar-refractivity contribution in [3.05, 3.63) is 65.6 Å². The SMILES string of the molecule is C=CC.CC.CC/C=C/F.CN1CC(=O)/C(=C/c2ccc(F)cc2)SC1=O. The van der Waals surface area contributed by atoms with Crippen molar-refractivity contribution >= 4 is 28.9 Å². The maximum absolute atomic E-state index is 12.7. The van der Waals surface area contributed by atoms with Crippen LogP contribution in [0, 0.1) is 5.82 Å². The van der Waals surface area contributed by atoms with Crippen LogP contribution in [0.25, 0.3) is 6.08 Å². The van der Waals surface area contributed by atoms with Gasteiger partial charge in [-0.3, -0.25) is 9.59 Å². The van der Waals surface area contributed by atoms with E-state index in [1.165, 1.54) is 23.1 Å². The highest BCUT2D eigenvalue weighted by atomic mass is 32.2. The molecule has 0 aromatic heterocycles. The van der Waals surface area contributed by atoms with Crippen molar-refractivity contribution in [3.8, 4) is 0 Å². The van der Waals surface area contributed by atoms with Crippen molar-refractivity contribution < 1.29 is 18.4 Å². The fourth-order valence-electron chi connectivity index (χ4n) is 1.50. The molecular weight excluding hydrogens is 368 g/mol. The zero-order chi connectivity index (χ0) is 21.2. The second kappa shape index (κ2) is 17.2. The summed E-state index contributed by atoms with van der Waals surface area (Å²) in [5.41, 5.74) is 0.708. The Morgan fingerprint density at radius 1 is 1.22 bits per heavy atom. The van der Waals surface area contributed by atoms with Crippen molar-refractivity contribution in [1.82, 2.24) is 4.90 Å². The van der Waals surface area contributed by atoms with E-state index in [0.717, 1.165) is 18.2 Å². The number of hydrogen-bond acceptors (Lipinski definition) is 3. The lowest BCUT2D eigenvalue weighted by molar-refractivity contribution is -0.115. The molecule has 1 amide bonds. The van der Waals surface area contributed by atoms with Crippen molar-refractivity contribution in [2.75, 3.05) is 13.6 Å². The third-order valence-electron chi connectivity index (χ3n) is 2.66. The number of ketones is 1. The average molecular weight is 398 g/mol. The molecule has 0 bridgehead atoms. The third kappa shape index (κ3) is 12.7. The van der Waals surface area contributed by atoms with Crippen LogP contribution in [0.15, 0.2) is 54.2 Å². The number of nitrogens with zero attached hydrogens (tertiary/aromatic N) is 1. The second-order valence-electron chi connectivity index (χ2n) is 4.89. The van der Waals surface area contributed by atoms with Gasteiger partial charge in [-0.2, -0.15) is 0 Å². The van der Waals surface area contributed by atoms with Gasteiger partial charge in [0.1, 0.15) is 5.82 Å². The lowest BCUT2D eigenvalue weighted by Gasteiger charge is -2.21. The highest BCUT2D eigenvalue weighted by molar-refractivity contribution is 8.17. The van der Waals surface area contributed by atoms with Gasteiger partial charge in [-0.15, -0.1) is 6.58 Å². The van der Waals surface area contributed by atoms with E-state index in [1.807, 2.05) is 27.7 Å². The summed E-state index contributed by atoms with van der Waals surface area (Å²) >= 11 is 0.906. The molecule has 1 aliphatic rings. The molecule has 0 radical (unpaired) electrons. The van der Waals surface area contributed by atoms with Crippen LogP contribution < -0.4 is 0 Å². The summed E-state index contributed by atoms with van der Waals surface area (Å²) in [6, 6.07) is 5.77. The van der Waals surface area contributed by atoms with E-state index in [4.69, 9.17) is 0 Å². The van der Waals surface area contributed by atoms with Gasteiger partial charge in [0.2, 0.25) is 0 Å². The molecule has 1 aromatic carbocycles. The quantitative estimate of drug-likeness (QED) is 0.415. The van der Waals surface area contributed by atoms with Crippen molar-refractivity contribution in [3.63, 3.8) is 0 Å². The summed E-state index contributed by atoms with van der Waals surface area (Å²) in [6.45, 7) is 11.2. The van der Waals surface area contributed by atoms with Gasteiger partial charge in [0.25, 0.3) is 5.24 Å². The molecule has 1 heterocycles. The minimum absolute atomic E-state index is 0.0959. The number of benzene rings is 1. The second-order valence-corrected chi connectivity index (χ2v) is 5.88. The largest absolute Gasteiger partial charge is 0.329 e. The molecule has 0 spiro atoms. The molecule has 0 atom stereocenters. The Bertz CT molecular complexity index is 626. The smallest absolute Gasteiger partial charge is 0.286 e. The highest BCUT2D eigenvalue weighted by Crippen LogP contribution is 2.27. The third-order valence-corrected chi connectivity index (χ3v) is 3.71. The van der Waals surface area contributed by atoms with E-state index < -0.39 is 0 Å². The topological polar surface area (TPSA) is 37.4 Å². The molecule has 0 aliphatic carbocycles. The number of thioether (sulfide) groups is 1. The molecular formula is C21H29F2NO2S. The van der Waals surface area contributed by atoms with E-state index in [0.29, 0.717) is 16.8 Å². The maximum atomic E-state index is 12.7. The number of hydrogen-bond donors (Lipinski definition) is 0. The number of likely N-dealkylation sites (N-methyl/N-ethyl adjacent to an activating group) is 1. The molecule has 3 nitrogen and oxygen atoms in total. The molecule has 150 valence electrons. The van der Waals surface area contributed by atoms with E-state index in [-0.39, 0.29) is 23.4 Å². The highest BCUT2D eigenvalue weighted by Gasteiger charge is 2.25. The Labute approximate surface area is 165 Å². The first-order valence-corrected chi connectivity index (χ1v) is 9.46. The van der Waals surface area contributed by atoms with Crippen molar-refractivity contribution in [1.29, 1.82) is 0 Å². The van der Waals surface area contributed by atoms with Gasteiger partial charge < -0.3 is 4.90 Å². The van der Waals surface area contributed by atoms with Crippen LogP contribution in [-0.2, 0) is 4.79 Å². The predicted octanol–water partition coefficient (Wildman–Crippen LogP) is 6.63. The Morgan fingerprint density at radius 2 is 1.74 bits per heavy atom. The maximum Gasteiger partial charge on any atom is 0.286 e. The van der Waals surface area contributed by atoms with Crippen LogP contribution in [0.3, 0.4) is 0 Å².